The minimum atomic E-state index is -3.64. The summed E-state index contributed by atoms with van der Waals surface area (Å²) in [6, 6.07) is 1.22. The lowest BCUT2D eigenvalue weighted by Gasteiger charge is -2.13. The second-order valence-electron chi connectivity index (χ2n) is 4.44. The van der Waals surface area contributed by atoms with Crippen molar-refractivity contribution in [3.63, 3.8) is 0 Å². The Bertz CT molecular complexity index is 596. The Kier molecular flexibility index (Phi) is 5.84. The molecule has 0 bridgehead atoms. The van der Waals surface area contributed by atoms with Crippen molar-refractivity contribution in [2.24, 2.45) is 0 Å². The van der Waals surface area contributed by atoms with Gasteiger partial charge in [-0.1, -0.05) is 13.3 Å². The predicted octanol–water partition coefficient (Wildman–Crippen LogP) is 1.65. The summed E-state index contributed by atoms with van der Waals surface area (Å²) < 4.78 is 26.8. The Balaban J connectivity index is 2.95. The third-order valence-corrected chi connectivity index (χ3v) is 4.10. The number of sulfonamides is 1. The van der Waals surface area contributed by atoms with E-state index in [1.165, 1.54) is 24.5 Å². The van der Waals surface area contributed by atoms with Crippen molar-refractivity contribution < 1.29 is 18.3 Å². The molecule has 0 saturated heterocycles. The van der Waals surface area contributed by atoms with E-state index >= 15 is 0 Å². The van der Waals surface area contributed by atoms with Gasteiger partial charge in [0.25, 0.3) is 0 Å². The molecule has 0 aliphatic rings. The van der Waals surface area contributed by atoms with Crippen LogP contribution in [0.4, 0.5) is 0 Å². The number of aliphatic carboxylic acids is 1. The van der Waals surface area contributed by atoms with Gasteiger partial charge in [0.2, 0.25) is 10.0 Å². The Hall–Kier alpha value is -1.73. The fourth-order valence-corrected chi connectivity index (χ4v) is 2.94. The van der Waals surface area contributed by atoms with Crippen molar-refractivity contribution in [3.8, 4) is 0 Å². The standard InChI is InChI=1S/C13H18N2O4S/c1-3-4-10(2)15-20(18,19)12-7-11(8-14-9-12)5-6-13(16)17/h5-10,15H,3-4H2,1-2H3,(H,16,17). The number of rotatable bonds is 7. The maximum atomic E-state index is 12.1. The molecule has 110 valence electrons. The zero-order valence-corrected chi connectivity index (χ0v) is 12.2. The quantitative estimate of drug-likeness (QED) is 0.746. The van der Waals surface area contributed by atoms with Gasteiger partial charge in [0, 0.05) is 24.5 Å². The van der Waals surface area contributed by atoms with Gasteiger partial charge in [-0.25, -0.2) is 17.9 Å². The van der Waals surface area contributed by atoms with Crippen molar-refractivity contribution in [1.29, 1.82) is 0 Å². The molecule has 1 rings (SSSR count). The van der Waals surface area contributed by atoms with E-state index in [1.54, 1.807) is 6.92 Å². The van der Waals surface area contributed by atoms with E-state index in [2.05, 4.69) is 9.71 Å². The van der Waals surface area contributed by atoms with E-state index in [0.717, 1.165) is 18.9 Å². The van der Waals surface area contributed by atoms with Crippen LogP contribution in [0, 0.1) is 0 Å². The third kappa shape index (κ3) is 5.10. The average molecular weight is 298 g/mol. The number of nitrogens with zero attached hydrogens (tertiary/aromatic N) is 1. The van der Waals surface area contributed by atoms with Gasteiger partial charge in [-0.2, -0.15) is 0 Å². The average Bonchev–Trinajstić information content (AvgIpc) is 2.36. The van der Waals surface area contributed by atoms with Crippen molar-refractivity contribution in [1.82, 2.24) is 9.71 Å². The Labute approximate surface area is 118 Å². The van der Waals surface area contributed by atoms with Crippen LogP contribution in [-0.2, 0) is 14.8 Å². The Morgan fingerprint density at radius 1 is 1.50 bits per heavy atom. The van der Waals surface area contributed by atoms with E-state index in [1.807, 2.05) is 6.92 Å². The summed E-state index contributed by atoms with van der Waals surface area (Å²) in [4.78, 5) is 14.3. The Morgan fingerprint density at radius 2 is 2.20 bits per heavy atom. The molecule has 0 fully saturated rings. The highest BCUT2D eigenvalue weighted by atomic mass is 32.2. The number of aromatic nitrogens is 1. The van der Waals surface area contributed by atoms with E-state index in [4.69, 9.17) is 5.11 Å². The van der Waals surface area contributed by atoms with Gasteiger partial charge in [0.15, 0.2) is 0 Å². The van der Waals surface area contributed by atoms with Crippen LogP contribution in [0.2, 0.25) is 0 Å². The van der Waals surface area contributed by atoms with Crippen molar-refractivity contribution in [3.05, 3.63) is 30.1 Å². The van der Waals surface area contributed by atoms with E-state index < -0.39 is 16.0 Å². The summed E-state index contributed by atoms with van der Waals surface area (Å²) in [6.45, 7) is 3.77. The lowest BCUT2D eigenvalue weighted by molar-refractivity contribution is -0.131. The molecule has 20 heavy (non-hydrogen) atoms. The van der Waals surface area contributed by atoms with Crippen LogP contribution < -0.4 is 4.72 Å². The molecule has 0 radical (unpaired) electrons. The molecule has 0 amide bonds. The number of hydrogen-bond donors (Lipinski definition) is 2. The van der Waals surface area contributed by atoms with Crippen molar-refractivity contribution in [2.45, 2.75) is 37.6 Å². The summed E-state index contributed by atoms with van der Waals surface area (Å²) >= 11 is 0. The fourth-order valence-electron chi connectivity index (χ4n) is 1.67. The number of carboxylic acids is 1. The van der Waals surface area contributed by atoms with Crippen LogP contribution >= 0.6 is 0 Å². The largest absolute Gasteiger partial charge is 0.478 e. The minimum Gasteiger partial charge on any atom is -0.478 e. The molecule has 6 nitrogen and oxygen atoms in total. The molecule has 1 heterocycles. The summed E-state index contributed by atoms with van der Waals surface area (Å²) in [5.74, 6) is -1.10. The second-order valence-corrected chi connectivity index (χ2v) is 6.15. The summed E-state index contributed by atoms with van der Waals surface area (Å²) in [6.07, 6.45) is 6.48. The molecule has 7 heteroatoms. The highest BCUT2D eigenvalue weighted by Crippen LogP contribution is 2.12. The molecule has 0 saturated carbocycles. The summed E-state index contributed by atoms with van der Waals surface area (Å²) in [7, 11) is -3.64. The molecule has 1 aromatic rings. The van der Waals surface area contributed by atoms with Gasteiger partial charge < -0.3 is 5.11 Å². The fraction of sp³-hybridized carbons (Fsp3) is 0.385. The van der Waals surface area contributed by atoms with Crippen LogP contribution in [0.15, 0.2) is 29.4 Å². The van der Waals surface area contributed by atoms with Gasteiger partial charge in [0.05, 0.1) is 0 Å². The highest BCUT2D eigenvalue weighted by molar-refractivity contribution is 7.89. The molecule has 2 N–H and O–H groups in total. The smallest absolute Gasteiger partial charge is 0.328 e. The topological polar surface area (TPSA) is 96.4 Å². The molecule has 0 spiro atoms. The van der Waals surface area contributed by atoms with E-state index in [0.29, 0.717) is 5.56 Å². The van der Waals surface area contributed by atoms with Gasteiger partial charge in [-0.15, -0.1) is 0 Å². The van der Waals surface area contributed by atoms with Crippen LogP contribution in [0.1, 0.15) is 32.3 Å². The van der Waals surface area contributed by atoms with Gasteiger partial charge in [-0.3, -0.25) is 4.98 Å². The normalized spacial score (nSPS) is 13.5. The first-order chi connectivity index (χ1) is 9.35. The van der Waals surface area contributed by atoms with Crippen LogP contribution in [0.5, 0.6) is 0 Å². The second kappa shape index (κ2) is 7.16. The molecule has 1 atom stereocenters. The molecule has 0 aliphatic carbocycles. The first-order valence-corrected chi connectivity index (χ1v) is 7.72. The number of pyridine rings is 1. The third-order valence-electron chi connectivity index (χ3n) is 2.54. The predicted molar refractivity (Wildman–Crippen MR) is 75.6 cm³/mol. The monoisotopic (exact) mass is 298 g/mol. The number of carboxylic acid groups (broad SMARTS) is 1. The van der Waals surface area contributed by atoms with Crippen LogP contribution in [-0.4, -0.2) is 30.5 Å². The van der Waals surface area contributed by atoms with Crippen molar-refractivity contribution in [2.75, 3.05) is 0 Å². The lowest BCUT2D eigenvalue weighted by atomic mass is 10.2. The van der Waals surface area contributed by atoms with Crippen LogP contribution in [0.25, 0.3) is 6.08 Å². The van der Waals surface area contributed by atoms with Crippen LogP contribution in [0.3, 0.4) is 0 Å². The minimum absolute atomic E-state index is 0.0213. The molecular weight excluding hydrogens is 280 g/mol. The van der Waals surface area contributed by atoms with Gasteiger partial charge in [-0.05, 0) is 31.1 Å². The SMILES string of the molecule is CCCC(C)NS(=O)(=O)c1cncc(C=CC(=O)O)c1. The number of nitrogens with one attached hydrogen (secondary N) is 1. The molecular formula is C13H18N2O4S. The van der Waals surface area contributed by atoms with E-state index in [-0.39, 0.29) is 10.9 Å². The first-order valence-electron chi connectivity index (χ1n) is 6.23. The number of carbonyl (C=O) groups is 1. The molecule has 0 aliphatic heterocycles. The summed E-state index contributed by atoms with van der Waals surface area (Å²) in [5.41, 5.74) is 0.415. The maximum Gasteiger partial charge on any atom is 0.328 e. The van der Waals surface area contributed by atoms with Gasteiger partial charge >= 0.3 is 5.97 Å². The highest BCUT2D eigenvalue weighted by Gasteiger charge is 2.17. The van der Waals surface area contributed by atoms with Gasteiger partial charge in [0.1, 0.15) is 4.90 Å². The zero-order valence-electron chi connectivity index (χ0n) is 11.4. The summed E-state index contributed by atoms with van der Waals surface area (Å²) in [5, 5.41) is 8.54. The maximum absolute atomic E-state index is 12.1. The Morgan fingerprint density at radius 3 is 2.80 bits per heavy atom. The number of hydrogen-bond acceptors (Lipinski definition) is 4. The first kappa shape index (κ1) is 16.3. The molecule has 1 unspecified atom stereocenters. The molecule has 1 aromatic heterocycles. The lowest BCUT2D eigenvalue weighted by Crippen LogP contribution is -2.32. The van der Waals surface area contributed by atoms with Crippen molar-refractivity contribution >= 4 is 22.1 Å². The molecule has 0 aromatic carbocycles. The zero-order chi connectivity index (χ0) is 15.2. The van der Waals surface area contributed by atoms with E-state index in [9.17, 15) is 13.2 Å².